The second-order valence-corrected chi connectivity index (χ2v) is 3.05. The number of halogens is 1. The zero-order valence-electron chi connectivity index (χ0n) is 8.00. The van der Waals surface area contributed by atoms with Gasteiger partial charge in [-0.2, -0.15) is 0 Å². The van der Waals surface area contributed by atoms with Gasteiger partial charge in [0.2, 0.25) is 0 Å². The van der Waals surface area contributed by atoms with Crippen LogP contribution in [0.4, 0.5) is 4.39 Å². The Hall–Kier alpha value is -1.42. The van der Waals surface area contributed by atoms with Gasteiger partial charge in [-0.15, -0.1) is 0 Å². The Morgan fingerprint density at radius 3 is 2.57 bits per heavy atom. The Morgan fingerprint density at radius 2 is 2.07 bits per heavy atom. The molecule has 0 amide bonds. The first-order chi connectivity index (χ1) is 6.63. The normalized spacial score (nSPS) is 12.2. The number of quaternary nitrogens is 1. The van der Waals surface area contributed by atoms with Crippen LogP contribution in [-0.4, -0.2) is 19.1 Å². The predicted molar refractivity (Wildman–Crippen MR) is 48.8 cm³/mol. The third-order valence-corrected chi connectivity index (χ3v) is 1.93. The van der Waals surface area contributed by atoms with E-state index in [0.29, 0.717) is 6.42 Å². The van der Waals surface area contributed by atoms with Gasteiger partial charge in [-0.25, -0.2) is 9.18 Å². The molecule has 0 spiro atoms. The van der Waals surface area contributed by atoms with E-state index in [4.69, 9.17) is 0 Å². The summed E-state index contributed by atoms with van der Waals surface area (Å²) in [5, 5.41) is 0. The van der Waals surface area contributed by atoms with E-state index in [0.717, 1.165) is 5.56 Å². The highest BCUT2D eigenvalue weighted by molar-refractivity contribution is 5.74. The maximum Gasteiger partial charge on any atom is 0.364 e. The van der Waals surface area contributed by atoms with E-state index in [1.165, 1.54) is 19.2 Å². The average molecular weight is 198 g/mol. The van der Waals surface area contributed by atoms with Crippen LogP contribution in [0.2, 0.25) is 0 Å². The van der Waals surface area contributed by atoms with Crippen molar-refractivity contribution in [3.05, 3.63) is 35.6 Å². The zero-order chi connectivity index (χ0) is 10.6. The molecule has 1 atom stereocenters. The van der Waals surface area contributed by atoms with Crippen LogP contribution in [0.5, 0.6) is 0 Å². The minimum absolute atomic E-state index is 0.285. The van der Waals surface area contributed by atoms with Crippen LogP contribution < -0.4 is 5.73 Å². The molecule has 76 valence electrons. The third kappa shape index (κ3) is 2.81. The summed E-state index contributed by atoms with van der Waals surface area (Å²) in [6.07, 6.45) is 0.465. The van der Waals surface area contributed by atoms with Gasteiger partial charge in [0.25, 0.3) is 0 Å². The van der Waals surface area contributed by atoms with Crippen molar-refractivity contribution in [1.82, 2.24) is 0 Å². The fraction of sp³-hybridized carbons (Fsp3) is 0.300. The molecule has 0 aromatic heterocycles. The maximum atomic E-state index is 12.5. The minimum Gasteiger partial charge on any atom is -0.465 e. The highest BCUT2D eigenvalue weighted by Gasteiger charge is 2.17. The molecule has 0 bridgehead atoms. The Bertz CT molecular complexity index is 310. The lowest BCUT2D eigenvalue weighted by atomic mass is 10.1. The summed E-state index contributed by atoms with van der Waals surface area (Å²) in [5.41, 5.74) is 4.53. The quantitative estimate of drug-likeness (QED) is 0.703. The number of carbonyl (C=O) groups excluding carboxylic acids is 1. The molecule has 0 radical (unpaired) electrons. The van der Waals surface area contributed by atoms with E-state index in [9.17, 15) is 9.18 Å². The number of methoxy groups -OCH3 is 1. The standard InChI is InChI=1S/C10H12FNO2/c1-14-10(13)9(12)6-7-2-4-8(11)5-3-7/h2-5,9H,6,12H2,1H3/p+1/t9-/m0/s1. The number of hydrogen-bond acceptors (Lipinski definition) is 2. The number of esters is 1. The predicted octanol–water partition coefficient (Wildman–Crippen LogP) is 0.152. The number of rotatable bonds is 3. The molecule has 1 aromatic rings. The summed E-state index contributed by atoms with van der Waals surface area (Å²) < 4.78 is 17.1. The molecular weight excluding hydrogens is 185 g/mol. The molecule has 0 unspecified atom stereocenters. The summed E-state index contributed by atoms with van der Waals surface area (Å²) in [7, 11) is 1.32. The fourth-order valence-electron chi connectivity index (χ4n) is 1.16. The van der Waals surface area contributed by atoms with Crippen LogP contribution >= 0.6 is 0 Å². The first-order valence-corrected chi connectivity index (χ1v) is 4.29. The largest absolute Gasteiger partial charge is 0.465 e. The van der Waals surface area contributed by atoms with Crippen LogP contribution in [0.25, 0.3) is 0 Å². The SMILES string of the molecule is COC(=O)[C@@H]([NH3+])Cc1ccc(F)cc1. The summed E-state index contributed by atoms with van der Waals surface area (Å²) >= 11 is 0. The minimum atomic E-state index is -0.439. The van der Waals surface area contributed by atoms with Crippen molar-refractivity contribution < 1.29 is 19.7 Å². The first-order valence-electron chi connectivity index (χ1n) is 4.29. The van der Waals surface area contributed by atoms with Crippen molar-refractivity contribution in [1.29, 1.82) is 0 Å². The van der Waals surface area contributed by atoms with Gasteiger partial charge in [-0.05, 0) is 17.7 Å². The van der Waals surface area contributed by atoms with Crippen molar-refractivity contribution >= 4 is 5.97 Å². The molecule has 0 heterocycles. The van der Waals surface area contributed by atoms with Crippen molar-refractivity contribution in [2.24, 2.45) is 0 Å². The van der Waals surface area contributed by atoms with Gasteiger partial charge in [-0.1, -0.05) is 12.1 Å². The number of benzene rings is 1. The van der Waals surface area contributed by atoms with Crippen LogP contribution in [0.15, 0.2) is 24.3 Å². The second-order valence-electron chi connectivity index (χ2n) is 3.05. The van der Waals surface area contributed by atoms with Gasteiger partial charge in [0.15, 0.2) is 6.04 Å². The van der Waals surface area contributed by atoms with Gasteiger partial charge in [0.1, 0.15) is 5.82 Å². The van der Waals surface area contributed by atoms with Crippen molar-refractivity contribution in [3.63, 3.8) is 0 Å². The number of hydrogen-bond donors (Lipinski definition) is 1. The monoisotopic (exact) mass is 198 g/mol. The maximum absolute atomic E-state index is 12.5. The average Bonchev–Trinajstić information content (AvgIpc) is 2.20. The molecule has 0 fully saturated rings. The van der Waals surface area contributed by atoms with Gasteiger partial charge < -0.3 is 10.5 Å². The highest BCUT2D eigenvalue weighted by Crippen LogP contribution is 2.04. The lowest BCUT2D eigenvalue weighted by Crippen LogP contribution is -2.66. The summed E-state index contributed by atoms with van der Waals surface area (Å²) in [6.45, 7) is 0. The van der Waals surface area contributed by atoms with Crippen LogP contribution in [-0.2, 0) is 16.0 Å². The molecule has 0 saturated heterocycles. The zero-order valence-corrected chi connectivity index (χ0v) is 8.00. The lowest BCUT2D eigenvalue weighted by Gasteiger charge is -2.05. The fourth-order valence-corrected chi connectivity index (χ4v) is 1.16. The third-order valence-electron chi connectivity index (χ3n) is 1.93. The Kier molecular flexibility index (Phi) is 3.59. The van der Waals surface area contributed by atoms with E-state index in [1.54, 1.807) is 12.1 Å². The molecule has 4 heteroatoms. The first kappa shape index (κ1) is 10.7. The molecule has 14 heavy (non-hydrogen) atoms. The Labute approximate surface area is 81.7 Å². The van der Waals surface area contributed by atoms with Crippen molar-refractivity contribution in [2.75, 3.05) is 7.11 Å². The highest BCUT2D eigenvalue weighted by atomic mass is 19.1. The van der Waals surface area contributed by atoms with Gasteiger partial charge in [0, 0.05) is 6.42 Å². The summed E-state index contributed by atoms with van der Waals surface area (Å²) in [6, 6.07) is 5.55. The van der Waals surface area contributed by atoms with Gasteiger partial charge in [0.05, 0.1) is 7.11 Å². The molecule has 0 aliphatic rings. The molecule has 0 aliphatic carbocycles. The molecule has 0 aliphatic heterocycles. The smallest absolute Gasteiger partial charge is 0.364 e. The summed E-state index contributed by atoms with van der Waals surface area (Å²) in [4.78, 5) is 11.0. The molecule has 1 aromatic carbocycles. The van der Waals surface area contributed by atoms with E-state index >= 15 is 0 Å². The lowest BCUT2D eigenvalue weighted by molar-refractivity contribution is -0.407. The Balaban J connectivity index is 2.60. The number of ether oxygens (including phenoxy) is 1. The van der Waals surface area contributed by atoms with Crippen LogP contribution in [0.1, 0.15) is 5.56 Å². The second kappa shape index (κ2) is 4.72. The van der Waals surface area contributed by atoms with E-state index in [2.05, 4.69) is 10.5 Å². The van der Waals surface area contributed by atoms with E-state index in [-0.39, 0.29) is 11.8 Å². The topological polar surface area (TPSA) is 53.9 Å². The molecule has 0 saturated carbocycles. The van der Waals surface area contributed by atoms with Crippen molar-refractivity contribution in [3.8, 4) is 0 Å². The van der Waals surface area contributed by atoms with E-state index < -0.39 is 6.04 Å². The van der Waals surface area contributed by atoms with Crippen LogP contribution in [0, 0.1) is 5.82 Å². The molecule has 3 nitrogen and oxygen atoms in total. The summed E-state index contributed by atoms with van der Waals surface area (Å²) in [5.74, 6) is -0.637. The van der Waals surface area contributed by atoms with Crippen LogP contribution in [0.3, 0.4) is 0 Å². The Morgan fingerprint density at radius 1 is 1.50 bits per heavy atom. The van der Waals surface area contributed by atoms with Gasteiger partial charge >= 0.3 is 5.97 Å². The molecular formula is C10H13FNO2+. The van der Waals surface area contributed by atoms with Gasteiger partial charge in [-0.3, -0.25) is 0 Å². The van der Waals surface area contributed by atoms with E-state index in [1.807, 2.05) is 0 Å². The molecule has 3 N–H and O–H groups in total. The van der Waals surface area contributed by atoms with Crippen molar-refractivity contribution in [2.45, 2.75) is 12.5 Å². The number of carbonyl (C=O) groups is 1. The molecule has 1 rings (SSSR count).